The van der Waals surface area contributed by atoms with Crippen LogP contribution in [0, 0.1) is 11.6 Å². The molecule has 1 aliphatic heterocycles. The second-order valence-electron chi connectivity index (χ2n) is 6.98. The van der Waals surface area contributed by atoms with Crippen LogP contribution in [-0.4, -0.2) is 26.0 Å². The highest BCUT2D eigenvalue weighted by Gasteiger charge is 2.43. The van der Waals surface area contributed by atoms with Gasteiger partial charge in [-0.3, -0.25) is 14.5 Å². The molecule has 0 fully saturated rings. The molecular weight excluding hydrogens is 426 g/mol. The SMILES string of the molecule is COc1ccc(N2C(=O)c3ccccc3C2C(=O)N(C)c2cc(Cl)c(F)cc2F)cc1. The molecule has 0 aliphatic carbocycles. The van der Waals surface area contributed by atoms with Crippen LogP contribution in [0.4, 0.5) is 20.2 Å². The van der Waals surface area contributed by atoms with E-state index in [9.17, 15) is 18.4 Å². The molecule has 1 unspecified atom stereocenters. The van der Waals surface area contributed by atoms with E-state index >= 15 is 0 Å². The lowest BCUT2D eigenvalue weighted by Crippen LogP contribution is -2.40. The minimum atomic E-state index is -1.04. The number of likely N-dealkylation sites (N-methyl/N-ethyl adjacent to an activating group) is 1. The molecule has 5 nitrogen and oxygen atoms in total. The zero-order chi connectivity index (χ0) is 22.3. The molecule has 0 bridgehead atoms. The molecule has 31 heavy (non-hydrogen) atoms. The first-order valence-corrected chi connectivity index (χ1v) is 9.70. The van der Waals surface area contributed by atoms with Gasteiger partial charge in [-0.25, -0.2) is 8.78 Å². The molecule has 4 rings (SSSR count). The van der Waals surface area contributed by atoms with Gasteiger partial charge in [0.15, 0.2) is 0 Å². The Balaban J connectivity index is 1.79. The van der Waals surface area contributed by atoms with E-state index in [0.717, 1.165) is 11.0 Å². The third-order valence-electron chi connectivity index (χ3n) is 5.23. The second kappa shape index (κ2) is 8.00. The van der Waals surface area contributed by atoms with E-state index < -0.39 is 23.6 Å². The summed E-state index contributed by atoms with van der Waals surface area (Å²) in [4.78, 5) is 29.1. The average Bonchev–Trinajstić information content (AvgIpc) is 3.08. The van der Waals surface area contributed by atoms with Gasteiger partial charge in [-0.15, -0.1) is 0 Å². The molecule has 1 atom stereocenters. The first-order chi connectivity index (χ1) is 14.8. The number of fused-ring (bicyclic) bond motifs is 1. The molecule has 0 saturated carbocycles. The largest absolute Gasteiger partial charge is 0.497 e. The minimum Gasteiger partial charge on any atom is -0.497 e. The Labute approximate surface area is 182 Å². The van der Waals surface area contributed by atoms with Crippen LogP contribution < -0.4 is 14.5 Å². The van der Waals surface area contributed by atoms with Gasteiger partial charge in [-0.2, -0.15) is 0 Å². The number of carbonyl (C=O) groups is 2. The van der Waals surface area contributed by atoms with Gasteiger partial charge in [-0.05, 0) is 42.0 Å². The van der Waals surface area contributed by atoms with E-state index in [1.54, 1.807) is 48.5 Å². The number of hydrogen-bond acceptors (Lipinski definition) is 3. The third kappa shape index (κ3) is 3.51. The van der Waals surface area contributed by atoms with Crippen molar-refractivity contribution in [2.75, 3.05) is 24.0 Å². The van der Waals surface area contributed by atoms with Crippen molar-refractivity contribution >= 4 is 34.8 Å². The zero-order valence-corrected chi connectivity index (χ0v) is 17.4. The molecule has 8 heteroatoms. The number of rotatable bonds is 4. The molecule has 1 heterocycles. The highest BCUT2D eigenvalue weighted by molar-refractivity contribution is 6.31. The number of carbonyl (C=O) groups excluding carboxylic acids is 2. The predicted octanol–water partition coefficient (Wildman–Crippen LogP) is 4.99. The molecular formula is C23H17ClF2N2O3. The van der Waals surface area contributed by atoms with Crippen molar-refractivity contribution in [1.82, 2.24) is 0 Å². The number of hydrogen-bond donors (Lipinski definition) is 0. The molecule has 0 radical (unpaired) electrons. The highest BCUT2D eigenvalue weighted by atomic mass is 35.5. The number of methoxy groups -OCH3 is 1. The van der Waals surface area contributed by atoms with E-state index in [-0.39, 0.29) is 16.6 Å². The summed E-state index contributed by atoms with van der Waals surface area (Å²) in [6.07, 6.45) is 0. The van der Waals surface area contributed by atoms with Crippen molar-refractivity contribution in [1.29, 1.82) is 0 Å². The number of benzene rings is 3. The lowest BCUT2D eigenvalue weighted by atomic mass is 10.0. The van der Waals surface area contributed by atoms with E-state index in [2.05, 4.69) is 0 Å². The van der Waals surface area contributed by atoms with Crippen LogP contribution in [0.1, 0.15) is 22.0 Å². The normalized spacial score (nSPS) is 15.1. The van der Waals surface area contributed by atoms with E-state index in [4.69, 9.17) is 16.3 Å². The van der Waals surface area contributed by atoms with Gasteiger partial charge in [0.1, 0.15) is 23.4 Å². The number of anilines is 2. The molecule has 0 spiro atoms. The summed E-state index contributed by atoms with van der Waals surface area (Å²) in [6.45, 7) is 0. The summed E-state index contributed by atoms with van der Waals surface area (Å²) in [6, 6.07) is 14.1. The lowest BCUT2D eigenvalue weighted by molar-refractivity contribution is -0.119. The smallest absolute Gasteiger partial charge is 0.259 e. The molecule has 0 saturated heterocycles. The van der Waals surface area contributed by atoms with Gasteiger partial charge < -0.3 is 9.64 Å². The Morgan fingerprint density at radius 2 is 1.74 bits per heavy atom. The molecule has 158 valence electrons. The molecule has 3 aromatic rings. The average molecular weight is 443 g/mol. The first-order valence-electron chi connectivity index (χ1n) is 9.32. The van der Waals surface area contributed by atoms with Crippen LogP contribution in [0.2, 0.25) is 5.02 Å². The Bertz CT molecular complexity index is 1180. The first kappa shape index (κ1) is 20.8. The summed E-state index contributed by atoms with van der Waals surface area (Å²) in [5.41, 5.74) is 1.16. The fraction of sp³-hybridized carbons (Fsp3) is 0.130. The highest BCUT2D eigenvalue weighted by Crippen LogP contribution is 2.40. The quantitative estimate of drug-likeness (QED) is 0.535. The van der Waals surface area contributed by atoms with Crippen molar-refractivity contribution in [2.24, 2.45) is 0 Å². The predicted molar refractivity (Wildman–Crippen MR) is 114 cm³/mol. The summed E-state index contributed by atoms with van der Waals surface area (Å²) >= 11 is 5.80. The Kier molecular flexibility index (Phi) is 5.37. The Morgan fingerprint density at radius 1 is 1.06 bits per heavy atom. The van der Waals surface area contributed by atoms with Crippen molar-refractivity contribution in [3.63, 3.8) is 0 Å². The summed E-state index contributed by atoms with van der Waals surface area (Å²) in [5.74, 6) is -2.20. The van der Waals surface area contributed by atoms with Crippen LogP contribution in [0.25, 0.3) is 0 Å². The minimum absolute atomic E-state index is 0.192. The third-order valence-corrected chi connectivity index (χ3v) is 5.52. The molecule has 2 amide bonds. The van der Waals surface area contributed by atoms with Crippen LogP contribution >= 0.6 is 11.6 Å². The van der Waals surface area contributed by atoms with Crippen LogP contribution in [0.5, 0.6) is 5.75 Å². The fourth-order valence-electron chi connectivity index (χ4n) is 3.64. The topological polar surface area (TPSA) is 49.9 Å². The van der Waals surface area contributed by atoms with Gasteiger partial charge in [0.2, 0.25) is 0 Å². The van der Waals surface area contributed by atoms with Crippen LogP contribution in [-0.2, 0) is 4.79 Å². The van der Waals surface area contributed by atoms with Crippen LogP contribution in [0.15, 0.2) is 60.7 Å². The number of ether oxygens (including phenoxy) is 1. The van der Waals surface area contributed by atoms with Crippen molar-refractivity contribution < 1.29 is 23.1 Å². The van der Waals surface area contributed by atoms with Gasteiger partial charge in [0, 0.05) is 24.4 Å². The number of amides is 2. The van der Waals surface area contributed by atoms with Crippen molar-refractivity contribution in [2.45, 2.75) is 6.04 Å². The number of nitrogens with zero attached hydrogens (tertiary/aromatic N) is 2. The number of halogens is 3. The molecule has 0 N–H and O–H groups in total. The van der Waals surface area contributed by atoms with E-state index in [0.29, 0.717) is 28.6 Å². The molecule has 0 aromatic heterocycles. The molecule has 3 aromatic carbocycles. The fourth-order valence-corrected chi connectivity index (χ4v) is 3.80. The van der Waals surface area contributed by atoms with Crippen LogP contribution in [0.3, 0.4) is 0 Å². The Morgan fingerprint density at radius 3 is 2.42 bits per heavy atom. The summed E-state index contributed by atoms with van der Waals surface area (Å²) in [5, 5.41) is -0.314. The maximum Gasteiger partial charge on any atom is 0.259 e. The Hall–Kier alpha value is -3.45. The van der Waals surface area contributed by atoms with Gasteiger partial charge >= 0.3 is 0 Å². The monoisotopic (exact) mass is 442 g/mol. The van der Waals surface area contributed by atoms with Gasteiger partial charge in [0.05, 0.1) is 17.8 Å². The maximum absolute atomic E-state index is 14.4. The van der Waals surface area contributed by atoms with Crippen molar-refractivity contribution in [3.8, 4) is 5.75 Å². The standard InChI is InChI=1S/C23H17ClF2N2O3/c1-27(20-11-17(24)18(25)12-19(20)26)23(30)21-15-5-3-4-6-16(15)22(29)28(21)13-7-9-14(31-2)10-8-13/h3-12,21H,1-2H3. The summed E-state index contributed by atoms with van der Waals surface area (Å²) < 4.78 is 33.2. The summed E-state index contributed by atoms with van der Waals surface area (Å²) in [7, 11) is 2.88. The van der Waals surface area contributed by atoms with Gasteiger partial charge in [-0.1, -0.05) is 29.8 Å². The van der Waals surface area contributed by atoms with E-state index in [1.165, 1.54) is 19.1 Å². The second-order valence-corrected chi connectivity index (χ2v) is 7.39. The van der Waals surface area contributed by atoms with Gasteiger partial charge in [0.25, 0.3) is 11.8 Å². The maximum atomic E-state index is 14.4. The lowest BCUT2D eigenvalue weighted by Gasteiger charge is -2.29. The van der Waals surface area contributed by atoms with E-state index in [1.807, 2.05) is 0 Å². The molecule has 1 aliphatic rings. The zero-order valence-electron chi connectivity index (χ0n) is 16.6. The van der Waals surface area contributed by atoms with Crippen molar-refractivity contribution in [3.05, 3.63) is 88.4 Å².